The summed E-state index contributed by atoms with van der Waals surface area (Å²) in [5, 5.41) is 8.60. The van der Waals surface area contributed by atoms with Crippen LogP contribution >= 0.6 is 23.2 Å². The van der Waals surface area contributed by atoms with Crippen molar-refractivity contribution in [2.24, 2.45) is 0 Å². The molecule has 2 bridgehead atoms. The quantitative estimate of drug-likeness (QED) is 0.404. The molecule has 38 heavy (non-hydrogen) atoms. The van der Waals surface area contributed by atoms with Gasteiger partial charge >= 0.3 is 6.18 Å². The third-order valence-corrected chi connectivity index (χ3v) is 7.53. The lowest BCUT2D eigenvalue weighted by atomic mass is 9.44. The fourth-order valence-corrected chi connectivity index (χ4v) is 5.77. The summed E-state index contributed by atoms with van der Waals surface area (Å²) in [5.74, 6) is -1.01. The minimum Gasteiger partial charge on any atom is -0.484 e. The Hall–Kier alpha value is -2.76. The minimum atomic E-state index is -4.42. The zero-order valence-corrected chi connectivity index (χ0v) is 21.3. The lowest BCUT2D eigenvalue weighted by Crippen LogP contribution is -2.84. The van der Waals surface area contributed by atoms with Gasteiger partial charge in [-0.05, 0) is 49.6 Å². The SMILES string of the molecule is O=C(COc1ccc(Cl)c(F)c1)NC12CC(NC(=O)[C@H]3C[C@H](NCC(F)(F)F)c4cc(Cl)ccc4O3)(C1)C2. The summed E-state index contributed by atoms with van der Waals surface area (Å²) >= 11 is 11.6. The topological polar surface area (TPSA) is 88.7 Å². The van der Waals surface area contributed by atoms with Gasteiger partial charge in [-0.25, -0.2) is 4.39 Å². The van der Waals surface area contributed by atoms with Crippen molar-refractivity contribution in [3.05, 3.63) is 57.8 Å². The number of carbonyl (C=O) groups is 2. The number of fused-ring (bicyclic) bond motifs is 1. The van der Waals surface area contributed by atoms with Crippen molar-refractivity contribution in [3.8, 4) is 11.5 Å². The van der Waals surface area contributed by atoms with Crippen LogP contribution in [0.15, 0.2) is 36.4 Å². The molecule has 204 valence electrons. The molecule has 6 rings (SSSR count). The molecule has 0 radical (unpaired) electrons. The van der Waals surface area contributed by atoms with E-state index in [1.54, 1.807) is 6.07 Å². The molecule has 2 atom stereocenters. The molecule has 2 amide bonds. The smallest absolute Gasteiger partial charge is 0.401 e. The Labute approximate surface area is 225 Å². The predicted molar refractivity (Wildman–Crippen MR) is 130 cm³/mol. The van der Waals surface area contributed by atoms with Crippen LogP contribution in [0, 0.1) is 5.82 Å². The van der Waals surface area contributed by atoms with E-state index in [1.165, 1.54) is 24.3 Å². The summed E-state index contributed by atoms with van der Waals surface area (Å²) in [6, 6.07) is 7.70. The third-order valence-electron chi connectivity index (χ3n) is 6.99. The highest BCUT2D eigenvalue weighted by molar-refractivity contribution is 6.31. The second kappa shape index (κ2) is 9.77. The van der Waals surface area contributed by atoms with Crippen LogP contribution in [0.4, 0.5) is 17.6 Å². The van der Waals surface area contributed by atoms with Crippen molar-refractivity contribution in [2.75, 3.05) is 13.2 Å². The average Bonchev–Trinajstić information content (AvgIpc) is 2.80. The molecule has 1 heterocycles. The first-order chi connectivity index (χ1) is 17.8. The summed E-state index contributed by atoms with van der Waals surface area (Å²) in [5.41, 5.74) is -0.517. The van der Waals surface area contributed by atoms with Gasteiger partial charge in [0, 0.05) is 40.2 Å². The van der Waals surface area contributed by atoms with Crippen molar-refractivity contribution in [2.45, 2.75) is 55.1 Å². The molecule has 0 saturated heterocycles. The van der Waals surface area contributed by atoms with Gasteiger partial charge in [0.1, 0.15) is 17.3 Å². The molecule has 0 aromatic heterocycles. The monoisotopic (exact) mass is 575 g/mol. The van der Waals surface area contributed by atoms with E-state index in [1.807, 2.05) is 0 Å². The Bertz CT molecular complexity index is 1260. The predicted octanol–water partition coefficient (Wildman–Crippen LogP) is 4.46. The second-order valence-electron chi connectivity index (χ2n) is 10.1. The van der Waals surface area contributed by atoms with Gasteiger partial charge in [-0.3, -0.25) is 9.59 Å². The summed E-state index contributed by atoms with van der Waals surface area (Å²) in [7, 11) is 0. The maximum Gasteiger partial charge on any atom is 0.401 e. The zero-order chi connectivity index (χ0) is 27.3. The fraction of sp³-hybridized carbons (Fsp3) is 0.440. The molecule has 2 aromatic carbocycles. The highest BCUT2D eigenvalue weighted by Gasteiger charge is 2.69. The Morgan fingerprint density at radius 3 is 2.45 bits per heavy atom. The first-order valence-corrected chi connectivity index (χ1v) is 12.6. The molecule has 2 aromatic rings. The molecule has 3 saturated carbocycles. The fourth-order valence-electron chi connectivity index (χ4n) is 5.48. The van der Waals surface area contributed by atoms with Crippen molar-refractivity contribution in [1.29, 1.82) is 0 Å². The largest absolute Gasteiger partial charge is 0.484 e. The molecular formula is C25H23Cl2F4N3O4. The lowest BCUT2D eigenvalue weighted by Gasteiger charge is -2.70. The van der Waals surface area contributed by atoms with Gasteiger partial charge in [-0.1, -0.05) is 23.2 Å². The van der Waals surface area contributed by atoms with Crippen molar-refractivity contribution in [1.82, 2.24) is 16.0 Å². The summed E-state index contributed by atoms with van der Waals surface area (Å²) in [6.07, 6.45) is -3.92. The Morgan fingerprint density at radius 2 is 1.76 bits per heavy atom. The molecule has 13 heteroatoms. The first-order valence-electron chi connectivity index (χ1n) is 11.8. The van der Waals surface area contributed by atoms with Crippen molar-refractivity contribution >= 4 is 35.0 Å². The van der Waals surface area contributed by atoms with E-state index in [4.69, 9.17) is 32.7 Å². The number of carbonyl (C=O) groups excluding carboxylic acids is 2. The van der Waals surface area contributed by atoms with Crippen LogP contribution in [0.2, 0.25) is 10.0 Å². The van der Waals surface area contributed by atoms with Gasteiger partial charge in [0.15, 0.2) is 12.7 Å². The van der Waals surface area contributed by atoms with Crippen LogP contribution < -0.4 is 25.4 Å². The molecular weight excluding hydrogens is 553 g/mol. The standard InChI is InChI=1S/C25H23Cl2F4N3O4/c26-13-1-4-19-15(5-13)18(32-12-25(29,30)31)7-20(38-19)22(36)34-24-9-23(10-24,11-24)33-21(35)8-37-14-2-3-16(27)17(28)6-14/h1-6,18,20,32H,7-12H2,(H,33,35)(H,34,36)/t18-,20+,23?,24?/m0/s1. The number of hydrogen-bond donors (Lipinski definition) is 3. The normalized spacial score (nSPS) is 27.2. The van der Waals surface area contributed by atoms with Crippen LogP contribution in [0.3, 0.4) is 0 Å². The highest BCUT2D eigenvalue weighted by Crippen LogP contribution is 2.60. The molecule has 3 N–H and O–H groups in total. The summed E-state index contributed by atoms with van der Waals surface area (Å²) in [6.45, 7) is -1.53. The number of nitrogens with one attached hydrogen (secondary N) is 3. The maximum atomic E-state index is 13.5. The van der Waals surface area contributed by atoms with Gasteiger partial charge in [-0.15, -0.1) is 0 Å². The Balaban J connectivity index is 1.13. The number of rotatable bonds is 8. The first kappa shape index (κ1) is 26.8. The Kier molecular flexibility index (Phi) is 6.90. The van der Waals surface area contributed by atoms with Crippen LogP contribution in [0.25, 0.3) is 0 Å². The van der Waals surface area contributed by atoms with E-state index in [0.717, 1.165) is 6.07 Å². The number of benzene rings is 2. The highest BCUT2D eigenvalue weighted by atomic mass is 35.5. The molecule has 7 nitrogen and oxygen atoms in total. The van der Waals surface area contributed by atoms with Crippen molar-refractivity contribution in [3.63, 3.8) is 0 Å². The number of hydrogen-bond acceptors (Lipinski definition) is 5. The Morgan fingerprint density at radius 1 is 1.05 bits per heavy atom. The van der Waals surface area contributed by atoms with E-state index in [-0.39, 0.29) is 29.7 Å². The van der Waals surface area contributed by atoms with Gasteiger partial charge < -0.3 is 25.4 Å². The summed E-state index contributed by atoms with van der Waals surface area (Å²) < 4.78 is 63.1. The number of amides is 2. The molecule has 4 aliphatic rings. The van der Waals surface area contributed by atoms with Gasteiger partial charge in [0.2, 0.25) is 0 Å². The van der Waals surface area contributed by atoms with Gasteiger partial charge in [0.05, 0.1) is 11.6 Å². The van der Waals surface area contributed by atoms with Crippen LogP contribution in [-0.4, -0.2) is 48.3 Å². The number of halogens is 6. The second-order valence-corrected chi connectivity index (χ2v) is 10.9. The number of ether oxygens (including phenoxy) is 2. The molecule has 0 spiro atoms. The van der Waals surface area contributed by atoms with Gasteiger partial charge in [0.25, 0.3) is 11.8 Å². The number of alkyl halides is 3. The molecule has 3 aliphatic carbocycles. The maximum absolute atomic E-state index is 13.5. The van der Waals surface area contributed by atoms with Crippen LogP contribution in [0.1, 0.15) is 37.3 Å². The van der Waals surface area contributed by atoms with Crippen LogP contribution in [0.5, 0.6) is 11.5 Å². The third kappa shape index (κ3) is 5.64. The zero-order valence-electron chi connectivity index (χ0n) is 19.8. The molecule has 0 unspecified atom stereocenters. The minimum absolute atomic E-state index is 0.00412. The van der Waals surface area contributed by atoms with Gasteiger partial charge in [-0.2, -0.15) is 13.2 Å². The summed E-state index contributed by atoms with van der Waals surface area (Å²) in [4.78, 5) is 25.4. The average molecular weight is 576 g/mol. The lowest BCUT2D eigenvalue weighted by molar-refractivity contribution is -0.154. The molecule has 1 aliphatic heterocycles. The van der Waals surface area contributed by atoms with E-state index >= 15 is 0 Å². The van der Waals surface area contributed by atoms with E-state index in [2.05, 4.69) is 16.0 Å². The van der Waals surface area contributed by atoms with E-state index < -0.39 is 47.7 Å². The van der Waals surface area contributed by atoms with E-state index in [9.17, 15) is 27.2 Å². The van der Waals surface area contributed by atoms with Crippen LogP contribution in [-0.2, 0) is 9.59 Å². The van der Waals surface area contributed by atoms with Crippen molar-refractivity contribution < 1.29 is 36.6 Å². The van der Waals surface area contributed by atoms with E-state index in [0.29, 0.717) is 35.6 Å². The molecule has 3 fully saturated rings.